The number of nitrogens with one attached hydrogen (secondary N) is 1. The first kappa shape index (κ1) is 25.3. The fourth-order valence-electron chi connectivity index (χ4n) is 4.11. The van der Waals surface area contributed by atoms with Gasteiger partial charge in [-0.05, 0) is 70.0 Å². The number of rotatable bonds is 10. The molecule has 182 valence electrons. The molecule has 0 aliphatic carbocycles. The normalized spacial score (nSPS) is 16.8. The predicted octanol–water partition coefficient (Wildman–Crippen LogP) is 4.95. The van der Waals surface area contributed by atoms with Gasteiger partial charge in [0.05, 0.1) is 18.4 Å². The Hall–Kier alpha value is -2.75. The van der Waals surface area contributed by atoms with E-state index in [1.54, 1.807) is 0 Å². The van der Waals surface area contributed by atoms with Gasteiger partial charge in [-0.25, -0.2) is 0 Å². The number of aliphatic hydroxyl groups is 1. The van der Waals surface area contributed by atoms with E-state index < -0.39 is 12.1 Å². The minimum absolute atomic E-state index is 0.0963. The Morgan fingerprint density at radius 2 is 1.91 bits per heavy atom. The second kappa shape index (κ2) is 12.3. The molecule has 1 aliphatic heterocycles. The van der Waals surface area contributed by atoms with Gasteiger partial charge < -0.3 is 20.0 Å². The molecule has 3 aromatic carbocycles. The molecule has 1 unspecified atom stereocenters. The van der Waals surface area contributed by atoms with E-state index in [4.69, 9.17) is 9.57 Å². The Morgan fingerprint density at radius 1 is 1.14 bits per heavy atom. The smallest absolute Gasteiger partial charge is 0.250 e. The molecule has 0 bridgehead atoms. The highest BCUT2D eigenvalue weighted by Crippen LogP contribution is 2.30. The number of hydrogen-bond donors (Lipinski definition) is 2. The number of benzene rings is 3. The van der Waals surface area contributed by atoms with E-state index in [1.807, 2.05) is 61.5 Å². The van der Waals surface area contributed by atoms with Gasteiger partial charge in [-0.2, -0.15) is 0 Å². The molecule has 1 heterocycles. The molecule has 0 saturated heterocycles. The van der Waals surface area contributed by atoms with E-state index in [2.05, 4.69) is 57.3 Å². The summed E-state index contributed by atoms with van der Waals surface area (Å²) >= 11 is 2.29. The molecule has 6 nitrogen and oxygen atoms in total. The summed E-state index contributed by atoms with van der Waals surface area (Å²) in [5, 5.41) is 17.1. The summed E-state index contributed by atoms with van der Waals surface area (Å²) in [6.07, 6.45) is 0.333. The van der Waals surface area contributed by atoms with Crippen LogP contribution in [0, 0.1) is 3.57 Å². The van der Waals surface area contributed by atoms with Gasteiger partial charge in [0.1, 0.15) is 6.10 Å². The van der Waals surface area contributed by atoms with Crippen LogP contribution in [0.1, 0.15) is 47.7 Å². The monoisotopic (exact) mass is 584 g/mol. The zero-order valence-electron chi connectivity index (χ0n) is 19.6. The first-order valence-corrected chi connectivity index (χ1v) is 12.8. The third-order valence-corrected chi connectivity index (χ3v) is 6.67. The van der Waals surface area contributed by atoms with E-state index in [0.29, 0.717) is 19.4 Å². The topological polar surface area (TPSA) is 80.2 Å². The third kappa shape index (κ3) is 6.68. The first-order chi connectivity index (χ1) is 17.1. The van der Waals surface area contributed by atoms with Crippen LogP contribution in [0.25, 0.3) is 0 Å². The highest BCUT2D eigenvalue weighted by Gasteiger charge is 2.26. The molecular weight excluding hydrogens is 555 g/mol. The summed E-state index contributed by atoms with van der Waals surface area (Å²) in [5.41, 5.74) is 4.78. The van der Waals surface area contributed by atoms with Crippen molar-refractivity contribution < 1.29 is 19.5 Å². The second-order valence-electron chi connectivity index (χ2n) is 8.39. The van der Waals surface area contributed by atoms with Crippen LogP contribution in [0.2, 0.25) is 0 Å². The Morgan fingerprint density at radius 3 is 2.63 bits per heavy atom. The van der Waals surface area contributed by atoms with Crippen LogP contribution in [0.5, 0.6) is 0 Å². The number of oxime groups is 1. The minimum Gasteiger partial charge on any atom is -0.394 e. The van der Waals surface area contributed by atoms with Crippen molar-refractivity contribution in [3.05, 3.63) is 105 Å². The van der Waals surface area contributed by atoms with Crippen LogP contribution >= 0.6 is 22.6 Å². The predicted molar refractivity (Wildman–Crippen MR) is 144 cm³/mol. The molecule has 1 aliphatic rings. The highest BCUT2D eigenvalue weighted by molar-refractivity contribution is 14.1. The summed E-state index contributed by atoms with van der Waals surface area (Å²) in [4.78, 5) is 18.8. The van der Waals surface area contributed by atoms with Crippen molar-refractivity contribution in [2.45, 2.75) is 38.0 Å². The van der Waals surface area contributed by atoms with Crippen LogP contribution in [0.15, 0.2) is 84.0 Å². The van der Waals surface area contributed by atoms with E-state index in [1.165, 1.54) is 3.57 Å². The number of carbonyl (C=O) groups is 1. The SMILES string of the molecule is CCO[C@@H](Cc1cccc(C2=NOC(c3ccc(I)cc3)C2)c1)C(=O)N[C@@H](CO)c1ccccc1. The largest absolute Gasteiger partial charge is 0.394 e. The Balaban J connectivity index is 1.43. The number of aliphatic hydroxyl groups excluding tert-OH is 1. The zero-order valence-corrected chi connectivity index (χ0v) is 21.7. The van der Waals surface area contributed by atoms with Crippen molar-refractivity contribution in [3.63, 3.8) is 0 Å². The lowest BCUT2D eigenvalue weighted by atomic mass is 9.97. The van der Waals surface area contributed by atoms with Crippen molar-refractivity contribution in [2.24, 2.45) is 5.16 Å². The van der Waals surface area contributed by atoms with Gasteiger partial charge in [-0.15, -0.1) is 0 Å². The van der Waals surface area contributed by atoms with Gasteiger partial charge in [0, 0.05) is 23.0 Å². The molecule has 0 aromatic heterocycles. The molecule has 0 radical (unpaired) electrons. The fraction of sp³-hybridized carbons (Fsp3) is 0.286. The average molecular weight is 584 g/mol. The molecule has 1 amide bonds. The number of amides is 1. The number of halogens is 1. The van der Waals surface area contributed by atoms with Crippen LogP contribution in [-0.4, -0.2) is 36.0 Å². The minimum atomic E-state index is -0.672. The number of hydrogen-bond acceptors (Lipinski definition) is 5. The fourth-order valence-corrected chi connectivity index (χ4v) is 4.47. The maximum Gasteiger partial charge on any atom is 0.250 e. The lowest BCUT2D eigenvalue weighted by Gasteiger charge is -2.22. The average Bonchev–Trinajstić information content (AvgIpc) is 3.38. The van der Waals surface area contributed by atoms with Crippen LogP contribution < -0.4 is 5.32 Å². The molecule has 0 fully saturated rings. The first-order valence-electron chi connectivity index (χ1n) is 11.7. The zero-order chi connectivity index (χ0) is 24.6. The summed E-state index contributed by atoms with van der Waals surface area (Å²) in [6.45, 7) is 2.09. The van der Waals surface area contributed by atoms with E-state index >= 15 is 0 Å². The maximum atomic E-state index is 13.1. The van der Waals surface area contributed by atoms with Crippen molar-refractivity contribution in [3.8, 4) is 0 Å². The van der Waals surface area contributed by atoms with E-state index in [9.17, 15) is 9.90 Å². The molecule has 0 spiro atoms. The van der Waals surface area contributed by atoms with Gasteiger partial charge in [-0.1, -0.05) is 65.8 Å². The maximum absolute atomic E-state index is 13.1. The quantitative estimate of drug-likeness (QED) is 0.331. The van der Waals surface area contributed by atoms with Gasteiger partial charge in [0.25, 0.3) is 0 Å². The molecule has 2 N–H and O–H groups in total. The van der Waals surface area contributed by atoms with Gasteiger partial charge in [0.15, 0.2) is 6.10 Å². The Bertz CT molecular complexity index is 1150. The number of nitrogens with zero attached hydrogens (tertiary/aromatic N) is 1. The van der Waals surface area contributed by atoms with Gasteiger partial charge in [0.2, 0.25) is 5.91 Å². The lowest BCUT2D eigenvalue weighted by Crippen LogP contribution is -2.41. The van der Waals surface area contributed by atoms with Crippen LogP contribution in [0.3, 0.4) is 0 Å². The lowest BCUT2D eigenvalue weighted by molar-refractivity contribution is -0.133. The van der Waals surface area contributed by atoms with Crippen molar-refractivity contribution in [1.29, 1.82) is 0 Å². The number of ether oxygens (including phenoxy) is 1. The molecule has 4 rings (SSSR count). The summed E-state index contributed by atoms with van der Waals surface area (Å²) in [6, 6.07) is 25.2. The second-order valence-corrected chi connectivity index (χ2v) is 9.64. The molecule has 3 aromatic rings. The van der Waals surface area contributed by atoms with Gasteiger partial charge in [-0.3, -0.25) is 4.79 Å². The Kier molecular flexibility index (Phi) is 8.90. The van der Waals surface area contributed by atoms with E-state index in [-0.39, 0.29) is 18.6 Å². The summed E-state index contributed by atoms with van der Waals surface area (Å²) in [5.74, 6) is -0.250. The molecule has 7 heteroatoms. The number of carbonyl (C=O) groups excluding carboxylic acids is 1. The molecule has 0 saturated carbocycles. The van der Waals surface area contributed by atoms with Crippen molar-refractivity contribution in [1.82, 2.24) is 5.32 Å². The van der Waals surface area contributed by atoms with Gasteiger partial charge >= 0.3 is 0 Å². The molecule has 3 atom stereocenters. The Labute approximate surface area is 219 Å². The van der Waals surface area contributed by atoms with E-state index in [0.717, 1.165) is 28.0 Å². The van der Waals surface area contributed by atoms with Crippen molar-refractivity contribution in [2.75, 3.05) is 13.2 Å². The molecular formula is C28H29IN2O4. The van der Waals surface area contributed by atoms with Crippen LogP contribution in [0.4, 0.5) is 0 Å². The summed E-state index contributed by atoms with van der Waals surface area (Å²) < 4.78 is 6.97. The molecule has 35 heavy (non-hydrogen) atoms. The van der Waals surface area contributed by atoms with Crippen LogP contribution in [-0.2, 0) is 20.8 Å². The summed E-state index contributed by atoms with van der Waals surface area (Å²) in [7, 11) is 0. The standard InChI is InChI=1S/C28H29IN2O4/c1-2-34-27(28(33)30-25(18-32)20-8-4-3-5-9-20)16-19-7-6-10-22(15-19)24-17-26(35-31-24)21-11-13-23(29)14-12-21/h3-15,25-27,32H,2,16-18H2,1H3,(H,30,33)/t25-,26?,27-/m0/s1. The van der Waals surface area contributed by atoms with Crippen molar-refractivity contribution >= 4 is 34.2 Å². The highest BCUT2D eigenvalue weighted by atomic mass is 127. The third-order valence-electron chi connectivity index (χ3n) is 5.95.